The number of para-hydroxylation sites is 1. The van der Waals surface area contributed by atoms with Gasteiger partial charge >= 0.3 is 0 Å². The number of halogens is 1. The Kier molecular flexibility index (Phi) is 5.40. The van der Waals surface area contributed by atoms with Crippen molar-refractivity contribution in [3.05, 3.63) is 83.1 Å². The van der Waals surface area contributed by atoms with E-state index < -0.39 is 0 Å². The van der Waals surface area contributed by atoms with Gasteiger partial charge in [-0.05, 0) is 60.7 Å². The molecule has 0 bridgehead atoms. The summed E-state index contributed by atoms with van der Waals surface area (Å²) >= 11 is 8.67. The van der Waals surface area contributed by atoms with E-state index in [0.29, 0.717) is 5.11 Å². The zero-order valence-electron chi connectivity index (χ0n) is 12.7. The summed E-state index contributed by atoms with van der Waals surface area (Å²) in [5.41, 5.74) is 5.76. The van der Waals surface area contributed by atoms with E-state index in [0.717, 1.165) is 21.5 Å². The van der Waals surface area contributed by atoms with Crippen molar-refractivity contribution in [3.63, 3.8) is 0 Å². The summed E-state index contributed by atoms with van der Waals surface area (Å²) in [4.78, 5) is 0. The highest BCUT2D eigenvalue weighted by molar-refractivity contribution is 9.10. The van der Waals surface area contributed by atoms with Crippen LogP contribution in [0.1, 0.15) is 5.69 Å². The average molecular weight is 399 g/mol. The Labute approximate surface area is 154 Å². The predicted octanol–water partition coefficient (Wildman–Crippen LogP) is 4.56. The third kappa shape index (κ3) is 4.31. The molecule has 0 aliphatic carbocycles. The van der Waals surface area contributed by atoms with Crippen molar-refractivity contribution in [1.82, 2.24) is 9.99 Å². The van der Waals surface area contributed by atoms with Crippen LogP contribution in [0.25, 0.3) is 5.69 Å². The molecule has 0 spiro atoms. The Balaban J connectivity index is 1.64. The second kappa shape index (κ2) is 7.90. The van der Waals surface area contributed by atoms with Crippen molar-refractivity contribution >= 4 is 45.2 Å². The van der Waals surface area contributed by atoms with Gasteiger partial charge in [0, 0.05) is 22.0 Å². The number of aromatic nitrogens is 1. The Morgan fingerprint density at radius 1 is 1.00 bits per heavy atom. The predicted molar refractivity (Wildman–Crippen MR) is 107 cm³/mol. The van der Waals surface area contributed by atoms with E-state index in [-0.39, 0.29) is 0 Å². The van der Waals surface area contributed by atoms with Gasteiger partial charge in [-0.25, -0.2) is 0 Å². The smallest absolute Gasteiger partial charge is 0.191 e. The maximum absolute atomic E-state index is 5.22. The van der Waals surface area contributed by atoms with E-state index in [1.54, 1.807) is 6.21 Å². The molecule has 0 atom stereocenters. The number of hydrazone groups is 1. The van der Waals surface area contributed by atoms with E-state index in [9.17, 15) is 0 Å². The first-order valence-corrected chi connectivity index (χ1v) is 8.51. The van der Waals surface area contributed by atoms with Gasteiger partial charge in [0.05, 0.1) is 11.9 Å². The van der Waals surface area contributed by atoms with E-state index >= 15 is 0 Å². The van der Waals surface area contributed by atoms with Gasteiger partial charge in [0.15, 0.2) is 5.11 Å². The molecule has 0 aliphatic rings. The quantitative estimate of drug-likeness (QED) is 0.384. The van der Waals surface area contributed by atoms with Crippen LogP contribution in [0.2, 0.25) is 0 Å². The van der Waals surface area contributed by atoms with Crippen LogP contribution in [0.5, 0.6) is 0 Å². The molecular weight excluding hydrogens is 384 g/mol. The van der Waals surface area contributed by atoms with Crippen molar-refractivity contribution in [3.8, 4) is 5.69 Å². The molecule has 3 aromatic rings. The molecule has 1 aromatic heterocycles. The van der Waals surface area contributed by atoms with Gasteiger partial charge in [0.25, 0.3) is 0 Å². The molecule has 24 heavy (non-hydrogen) atoms. The van der Waals surface area contributed by atoms with Crippen LogP contribution >= 0.6 is 28.1 Å². The van der Waals surface area contributed by atoms with Crippen molar-refractivity contribution < 1.29 is 0 Å². The monoisotopic (exact) mass is 398 g/mol. The van der Waals surface area contributed by atoms with Crippen molar-refractivity contribution in [2.24, 2.45) is 5.10 Å². The first kappa shape index (κ1) is 16.4. The summed E-state index contributed by atoms with van der Waals surface area (Å²) in [6, 6.07) is 21.8. The highest BCUT2D eigenvalue weighted by Gasteiger charge is 2.01. The first-order chi connectivity index (χ1) is 11.7. The van der Waals surface area contributed by atoms with E-state index in [1.807, 2.05) is 77.5 Å². The normalized spacial score (nSPS) is 10.7. The summed E-state index contributed by atoms with van der Waals surface area (Å²) in [5, 5.41) is 7.72. The maximum atomic E-state index is 5.22. The van der Waals surface area contributed by atoms with Gasteiger partial charge in [-0.2, -0.15) is 5.10 Å². The molecule has 2 N–H and O–H groups in total. The van der Waals surface area contributed by atoms with Gasteiger partial charge < -0.3 is 9.88 Å². The third-order valence-electron chi connectivity index (χ3n) is 3.28. The van der Waals surface area contributed by atoms with Crippen LogP contribution in [0, 0.1) is 0 Å². The fraction of sp³-hybridized carbons (Fsp3) is 0. The molecule has 2 aromatic carbocycles. The van der Waals surface area contributed by atoms with Gasteiger partial charge in [0.1, 0.15) is 0 Å². The number of rotatable bonds is 4. The van der Waals surface area contributed by atoms with Gasteiger partial charge in [-0.1, -0.05) is 34.1 Å². The van der Waals surface area contributed by atoms with Crippen LogP contribution in [-0.4, -0.2) is 15.9 Å². The van der Waals surface area contributed by atoms with Gasteiger partial charge in [-0.15, -0.1) is 0 Å². The minimum absolute atomic E-state index is 0.444. The molecular formula is C18H15BrN4S. The molecule has 1 heterocycles. The van der Waals surface area contributed by atoms with Crippen LogP contribution in [-0.2, 0) is 0 Å². The maximum Gasteiger partial charge on any atom is 0.191 e. The lowest BCUT2D eigenvalue weighted by molar-refractivity contribution is 1.03. The molecule has 0 unspecified atom stereocenters. The molecule has 0 amide bonds. The summed E-state index contributed by atoms with van der Waals surface area (Å²) in [7, 11) is 0. The molecule has 0 saturated heterocycles. The Morgan fingerprint density at radius 2 is 1.75 bits per heavy atom. The number of anilines is 1. The summed E-state index contributed by atoms with van der Waals surface area (Å²) in [5.74, 6) is 0. The Hall–Kier alpha value is -2.44. The summed E-state index contributed by atoms with van der Waals surface area (Å²) in [6.07, 6.45) is 3.73. The average Bonchev–Trinajstić information content (AvgIpc) is 3.05. The van der Waals surface area contributed by atoms with Crippen LogP contribution in [0.15, 0.2) is 82.5 Å². The number of hydrogen-bond acceptors (Lipinski definition) is 2. The largest absolute Gasteiger partial charge is 0.331 e. The number of hydrogen-bond donors (Lipinski definition) is 2. The SMILES string of the molecule is S=C(N/N=C\c1cccn1-c1ccc(Br)cc1)Nc1ccccc1. The second-order valence-corrected chi connectivity index (χ2v) is 6.29. The summed E-state index contributed by atoms with van der Waals surface area (Å²) < 4.78 is 3.10. The summed E-state index contributed by atoms with van der Waals surface area (Å²) in [6.45, 7) is 0. The highest BCUT2D eigenvalue weighted by atomic mass is 79.9. The van der Waals surface area contributed by atoms with Gasteiger partial charge in [0.2, 0.25) is 0 Å². The van der Waals surface area contributed by atoms with Crippen LogP contribution in [0.3, 0.4) is 0 Å². The van der Waals surface area contributed by atoms with Crippen molar-refractivity contribution in [1.29, 1.82) is 0 Å². The van der Waals surface area contributed by atoms with Gasteiger partial charge in [-0.3, -0.25) is 5.43 Å². The molecule has 0 aliphatic heterocycles. The highest BCUT2D eigenvalue weighted by Crippen LogP contribution is 2.15. The molecule has 3 rings (SSSR count). The third-order valence-corrected chi connectivity index (χ3v) is 4.00. The minimum atomic E-state index is 0.444. The number of nitrogens with zero attached hydrogens (tertiary/aromatic N) is 2. The Morgan fingerprint density at radius 3 is 2.50 bits per heavy atom. The lowest BCUT2D eigenvalue weighted by Gasteiger charge is -2.08. The van der Waals surface area contributed by atoms with E-state index in [1.165, 1.54) is 0 Å². The number of thiocarbonyl (C=S) groups is 1. The van der Waals surface area contributed by atoms with Crippen molar-refractivity contribution in [2.45, 2.75) is 0 Å². The Bertz CT molecular complexity index is 841. The minimum Gasteiger partial charge on any atom is -0.331 e. The van der Waals surface area contributed by atoms with Crippen LogP contribution < -0.4 is 10.7 Å². The zero-order valence-corrected chi connectivity index (χ0v) is 15.1. The van der Waals surface area contributed by atoms with E-state index in [2.05, 4.69) is 31.8 Å². The topological polar surface area (TPSA) is 41.4 Å². The van der Waals surface area contributed by atoms with Crippen LogP contribution in [0.4, 0.5) is 5.69 Å². The first-order valence-electron chi connectivity index (χ1n) is 7.31. The fourth-order valence-electron chi connectivity index (χ4n) is 2.17. The second-order valence-electron chi connectivity index (χ2n) is 4.97. The standard InChI is InChI=1S/C18H15BrN4S/c19-14-8-10-16(11-9-14)23-12-4-7-17(23)13-20-22-18(24)21-15-5-2-1-3-6-15/h1-13H,(H2,21,22,24)/b20-13-. The molecule has 120 valence electrons. The molecule has 6 heteroatoms. The number of benzene rings is 2. The lowest BCUT2D eigenvalue weighted by atomic mass is 10.3. The number of nitrogens with one attached hydrogen (secondary N) is 2. The fourth-order valence-corrected chi connectivity index (χ4v) is 2.61. The van der Waals surface area contributed by atoms with E-state index in [4.69, 9.17) is 12.2 Å². The molecule has 4 nitrogen and oxygen atoms in total. The molecule has 0 radical (unpaired) electrons. The molecule has 0 fully saturated rings. The lowest BCUT2D eigenvalue weighted by Crippen LogP contribution is -2.23. The molecule has 0 saturated carbocycles. The zero-order chi connectivity index (χ0) is 16.8. The van der Waals surface area contributed by atoms with Crippen molar-refractivity contribution in [2.75, 3.05) is 5.32 Å².